The molecule has 0 spiro atoms. The molecule has 0 aliphatic heterocycles. The average Bonchev–Trinajstić information content (AvgIpc) is 2.53. The maximum absolute atomic E-state index is 6.65. The Morgan fingerprint density at radius 2 is 1.38 bits per heavy atom. The van der Waals surface area contributed by atoms with E-state index in [9.17, 15) is 0 Å². The number of hydrogen-bond acceptors (Lipinski definition) is 3. The summed E-state index contributed by atoms with van der Waals surface area (Å²) in [4.78, 5) is 0. The highest BCUT2D eigenvalue weighted by Crippen LogP contribution is 2.38. The first-order chi connectivity index (χ1) is 10.1. The lowest BCUT2D eigenvalue weighted by Crippen LogP contribution is -2.00. The van der Waals surface area contributed by atoms with Crippen molar-refractivity contribution >= 4 is 11.6 Å². The maximum atomic E-state index is 6.65. The van der Waals surface area contributed by atoms with E-state index >= 15 is 0 Å². The van der Waals surface area contributed by atoms with E-state index in [1.54, 1.807) is 21.3 Å². The number of aryl methyl sites for hydroxylation is 1. The van der Waals surface area contributed by atoms with Crippen molar-refractivity contribution in [3.63, 3.8) is 0 Å². The van der Waals surface area contributed by atoms with Crippen LogP contribution in [-0.2, 0) is 0 Å². The molecule has 0 bridgehead atoms. The SMILES string of the molecule is COc1ccc(C(Cl)c2ccc(OC)cc2OC)c(C)c1. The van der Waals surface area contributed by atoms with Gasteiger partial charge in [0, 0.05) is 11.6 Å². The van der Waals surface area contributed by atoms with Gasteiger partial charge in [-0.2, -0.15) is 0 Å². The molecule has 1 unspecified atom stereocenters. The van der Waals surface area contributed by atoms with Crippen molar-refractivity contribution < 1.29 is 14.2 Å². The van der Waals surface area contributed by atoms with Crippen LogP contribution in [0.4, 0.5) is 0 Å². The Hall–Kier alpha value is -1.87. The number of halogens is 1. The van der Waals surface area contributed by atoms with Crippen LogP contribution in [0.1, 0.15) is 22.1 Å². The third-order valence-electron chi connectivity index (χ3n) is 3.46. The molecule has 0 fully saturated rings. The van der Waals surface area contributed by atoms with Crippen LogP contribution in [0, 0.1) is 6.92 Å². The summed E-state index contributed by atoms with van der Waals surface area (Å²) in [6.07, 6.45) is 0. The van der Waals surface area contributed by atoms with Gasteiger partial charge in [-0.3, -0.25) is 0 Å². The molecule has 0 radical (unpaired) electrons. The Morgan fingerprint density at radius 1 is 0.810 bits per heavy atom. The second-order valence-electron chi connectivity index (χ2n) is 4.69. The fraction of sp³-hybridized carbons (Fsp3) is 0.294. The second-order valence-corrected chi connectivity index (χ2v) is 5.13. The lowest BCUT2D eigenvalue weighted by Gasteiger charge is -2.17. The minimum atomic E-state index is -0.295. The minimum Gasteiger partial charge on any atom is -0.497 e. The zero-order chi connectivity index (χ0) is 15.4. The molecule has 0 aromatic heterocycles. The highest BCUT2D eigenvalue weighted by atomic mass is 35.5. The predicted molar refractivity (Wildman–Crippen MR) is 85.0 cm³/mol. The third kappa shape index (κ3) is 3.24. The van der Waals surface area contributed by atoms with Gasteiger partial charge in [0.25, 0.3) is 0 Å². The highest BCUT2D eigenvalue weighted by Gasteiger charge is 2.18. The molecule has 0 N–H and O–H groups in total. The summed E-state index contributed by atoms with van der Waals surface area (Å²) in [7, 11) is 4.90. The molecule has 112 valence electrons. The van der Waals surface area contributed by atoms with Gasteiger partial charge in [0.15, 0.2) is 0 Å². The zero-order valence-electron chi connectivity index (χ0n) is 12.6. The summed E-state index contributed by atoms with van der Waals surface area (Å²) < 4.78 is 15.9. The summed E-state index contributed by atoms with van der Waals surface area (Å²) in [5.74, 6) is 2.28. The van der Waals surface area contributed by atoms with Gasteiger partial charge in [0.2, 0.25) is 0 Å². The standard InChI is InChI=1S/C17H19ClO3/c1-11-9-12(19-2)5-7-14(11)17(18)15-8-6-13(20-3)10-16(15)21-4/h5-10,17H,1-4H3. The number of ether oxygens (including phenoxy) is 3. The van der Waals surface area contributed by atoms with E-state index in [-0.39, 0.29) is 5.38 Å². The van der Waals surface area contributed by atoms with Crippen LogP contribution in [0.15, 0.2) is 36.4 Å². The third-order valence-corrected chi connectivity index (χ3v) is 3.93. The van der Waals surface area contributed by atoms with Crippen molar-refractivity contribution in [1.82, 2.24) is 0 Å². The monoisotopic (exact) mass is 306 g/mol. The number of hydrogen-bond donors (Lipinski definition) is 0. The molecule has 21 heavy (non-hydrogen) atoms. The topological polar surface area (TPSA) is 27.7 Å². The Morgan fingerprint density at radius 3 is 1.90 bits per heavy atom. The zero-order valence-corrected chi connectivity index (χ0v) is 13.4. The van der Waals surface area contributed by atoms with Gasteiger partial charge >= 0.3 is 0 Å². The van der Waals surface area contributed by atoms with Crippen molar-refractivity contribution in [3.05, 3.63) is 53.1 Å². The van der Waals surface area contributed by atoms with E-state index in [1.165, 1.54) is 0 Å². The molecule has 3 nitrogen and oxygen atoms in total. The molecule has 0 aliphatic carbocycles. The summed E-state index contributed by atoms with van der Waals surface area (Å²) in [5, 5.41) is -0.295. The van der Waals surface area contributed by atoms with Crippen LogP contribution in [0.3, 0.4) is 0 Å². The highest BCUT2D eigenvalue weighted by molar-refractivity contribution is 6.23. The van der Waals surface area contributed by atoms with Gasteiger partial charge in [-0.1, -0.05) is 6.07 Å². The van der Waals surface area contributed by atoms with E-state index in [4.69, 9.17) is 25.8 Å². The van der Waals surface area contributed by atoms with E-state index in [1.807, 2.05) is 43.3 Å². The molecule has 4 heteroatoms. The quantitative estimate of drug-likeness (QED) is 0.769. The first-order valence-corrected chi connectivity index (χ1v) is 7.05. The van der Waals surface area contributed by atoms with Crippen LogP contribution < -0.4 is 14.2 Å². The average molecular weight is 307 g/mol. The number of benzene rings is 2. The van der Waals surface area contributed by atoms with Crippen molar-refractivity contribution in [2.75, 3.05) is 21.3 Å². The number of rotatable bonds is 5. The largest absolute Gasteiger partial charge is 0.497 e. The molecule has 2 aromatic rings. The van der Waals surface area contributed by atoms with Crippen LogP contribution in [0.5, 0.6) is 17.2 Å². The van der Waals surface area contributed by atoms with Gasteiger partial charge in [-0.15, -0.1) is 11.6 Å². The summed E-state index contributed by atoms with van der Waals surface area (Å²) >= 11 is 6.65. The van der Waals surface area contributed by atoms with Gasteiger partial charge in [0.05, 0.1) is 26.7 Å². The fourth-order valence-electron chi connectivity index (χ4n) is 2.25. The first kappa shape index (κ1) is 15.5. The number of methoxy groups -OCH3 is 3. The van der Waals surface area contributed by atoms with Crippen molar-refractivity contribution in [2.45, 2.75) is 12.3 Å². The molecule has 0 amide bonds. The Bertz CT molecular complexity index is 625. The van der Waals surface area contributed by atoms with Crippen molar-refractivity contribution in [1.29, 1.82) is 0 Å². The number of alkyl halides is 1. The molecule has 2 aromatic carbocycles. The lowest BCUT2D eigenvalue weighted by molar-refractivity contribution is 0.391. The summed E-state index contributed by atoms with van der Waals surface area (Å²) in [5.41, 5.74) is 3.02. The fourth-order valence-corrected chi connectivity index (χ4v) is 2.68. The molecule has 1 atom stereocenters. The Balaban J connectivity index is 2.42. The molecular weight excluding hydrogens is 288 g/mol. The van der Waals surface area contributed by atoms with Gasteiger partial charge in [-0.05, 0) is 42.3 Å². The normalized spacial score (nSPS) is 11.9. The van der Waals surface area contributed by atoms with Gasteiger partial charge < -0.3 is 14.2 Å². The molecular formula is C17H19ClO3. The smallest absolute Gasteiger partial charge is 0.127 e. The minimum absolute atomic E-state index is 0.295. The van der Waals surface area contributed by atoms with E-state index in [2.05, 4.69) is 0 Å². The van der Waals surface area contributed by atoms with E-state index in [0.717, 1.165) is 28.2 Å². The maximum Gasteiger partial charge on any atom is 0.127 e. The summed E-state index contributed by atoms with van der Waals surface area (Å²) in [6, 6.07) is 11.5. The second kappa shape index (κ2) is 6.72. The lowest BCUT2D eigenvalue weighted by atomic mass is 9.99. The van der Waals surface area contributed by atoms with Crippen LogP contribution >= 0.6 is 11.6 Å². The predicted octanol–water partition coefficient (Wildman–Crippen LogP) is 4.35. The van der Waals surface area contributed by atoms with Gasteiger partial charge in [-0.25, -0.2) is 0 Å². The first-order valence-electron chi connectivity index (χ1n) is 6.61. The van der Waals surface area contributed by atoms with Crippen LogP contribution in [0.2, 0.25) is 0 Å². The molecule has 0 saturated carbocycles. The van der Waals surface area contributed by atoms with Crippen molar-refractivity contribution in [3.8, 4) is 17.2 Å². The molecule has 0 aliphatic rings. The molecule has 0 saturated heterocycles. The van der Waals surface area contributed by atoms with Crippen LogP contribution in [0.25, 0.3) is 0 Å². The molecule has 0 heterocycles. The van der Waals surface area contributed by atoms with Crippen molar-refractivity contribution in [2.24, 2.45) is 0 Å². The van der Waals surface area contributed by atoms with Crippen LogP contribution in [-0.4, -0.2) is 21.3 Å². The van der Waals surface area contributed by atoms with E-state index in [0.29, 0.717) is 5.75 Å². The summed E-state index contributed by atoms with van der Waals surface area (Å²) in [6.45, 7) is 2.02. The Labute approximate surface area is 130 Å². The van der Waals surface area contributed by atoms with Gasteiger partial charge in [0.1, 0.15) is 17.2 Å². The van der Waals surface area contributed by atoms with E-state index < -0.39 is 0 Å². The molecule has 2 rings (SSSR count). The Kier molecular flexibility index (Phi) is 4.97.